The lowest BCUT2D eigenvalue weighted by atomic mass is 9.96. The molecule has 0 spiro atoms. The van der Waals surface area contributed by atoms with Crippen LogP contribution in [0.4, 0.5) is 0 Å². The van der Waals surface area contributed by atoms with Gasteiger partial charge < -0.3 is 9.67 Å². The van der Waals surface area contributed by atoms with Crippen molar-refractivity contribution in [2.45, 2.75) is 38.8 Å². The Morgan fingerprint density at radius 2 is 2.04 bits per heavy atom. The fourth-order valence-corrected chi connectivity index (χ4v) is 4.43. The number of hydrogen-bond donors (Lipinski definition) is 1. The van der Waals surface area contributed by atoms with Crippen LogP contribution in [0.2, 0.25) is 0 Å². The molecule has 1 aliphatic rings. The third kappa shape index (κ3) is 4.67. The van der Waals surface area contributed by atoms with Crippen molar-refractivity contribution in [2.24, 2.45) is 7.05 Å². The molecule has 7 heteroatoms. The molecule has 6 nitrogen and oxygen atoms in total. The Bertz CT molecular complexity index is 675. The minimum Gasteiger partial charge on any atom is -0.395 e. The second-order valence-electron chi connectivity index (χ2n) is 7.06. The van der Waals surface area contributed by atoms with E-state index in [2.05, 4.69) is 50.7 Å². The van der Waals surface area contributed by atoms with E-state index in [-0.39, 0.29) is 6.61 Å². The van der Waals surface area contributed by atoms with Crippen molar-refractivity contribution in [1.29, 1.82) is 0 Å². The summed E-state index contributed by atoms with van der Waals surface area (Å²) >= 11 is 1.90. The maximum Gasteiger partial charge on any atom is 0.146 e. The topological polar surface area (TPSA) is 57.4 Å². The molecule has 0 radical (unpaired) electrons. The number of aliphatic hydroxyl groups is 1. The Balaban J connectivity index is 1.55. The first-order chi connectivity index (χ1) is 12.1. The molecule has 0 unspecified atom stereocenters. The number of aromatic nitrogens is 3. The Morgan fingerprint density at radius 3 is 2.68 bits per heavy atom. The van der Waals surface area contributed by atoms with E-state index >= 15 is 0 Å². The fourth-order valence-electron chi connectivity index (χ4n) is 3.50. The molecule has 0 atom stereocenters. The monoisotopic (exact) mass is 363 g/mol. The number of piperidine rings is 1. The van der Waals surface area contributed by atoms with Crippen molar-refractivity contribution in [2.75, 3.05) is 33.3 Å². The minimum absolute atomic E-state index is 0.170. The van der Waals surface area contributed by atoms with Gasteiger partial charge in [0.1, 0.15) is 11.6 Å². The SMILES string of the molecule is Cc1ccc(CN2CCC(c3nnc(CN(C)CCO)n3C)CC2)s1. The quantitative estimate of drug-likeness (QED) is 0.815. The molecule has 1 fully saturated rings. The van der Waals surface area contributed by atoms with E-state index < -0.39 is 0 Å². The van der Waals surface area contributed by atoms with Crippen molar-refractivity contribution in [3.05, 3.63) is 33.5 Å². The molecule has 1 N–H and O–H groups in total. The molecule has 2 aromatic rings. The summed E-state index contributed by atoms with van der Waals surface area (Å²) in [4.78, 5) is 7.47. The zero-order valence-electron chi connectivity index (χ0n) is 15.5. The number of thiophene rings is 1. The molecule has 3 heterocycles. The zero-order valence-corrected chi connectivity index (χ0v) is 16.3. The molecule has 0 aromatic carbocycles. The summed E-state index contributed by atoms with van der Waals surface area (Å²) in [5.74, 6) is 2.58. The summed E-state index contributed by atoms with van der Waals surface area (Å²) in [5, 5.41) is 17.9. The molecular formula is C18H29N5OS. The van der Waals surface area contributed by atoms with Gasteiger partial charge in [-0.2, -0.15) is 0 Å². The third-order valence-electron chi connectivity index (χ3n) is 5.02. The summed E-state index contributed by atoms with van der Waals surface area (Å²) in [6.07, 6.45) is 2.28. The Labute approximate surface area is 154 Å². The summed E-state index contributed by atoms with van der Waals surface area (Å²) < 4.78 is 2.15. The first kappa shape index (κ1) is 18.5. The standard InChI is InChI=1S/C18H29N5OS/c1-14-4-5-16(25-14)12-23-8-6-15(7-9-23)18-20-19-17(22(18)3)13-21(2)10-11-24/h4-5,15,24H,6-13H2,1-3H3. The molecule has 0 bridgehead atoms. The molecule has 1 saturated heterocycles. The highest BCUT2D eigenvalue weighted by Gasteiger charge is 2.25. The van der Waals surface area contributed by atoms with E-state index in [4.69, 9.17) is 5.11 Å². The van der Waals surface area contributed by atoms with E-state index in [0.29, 0.717) is 12.5 Å². The number of likely N-dealkylation sites (N-methyl/N-ethyl adjacent to an activating group) is 1. The van der Waals surface area contributed by atoms with Crippen LogP contribution in [-0.4, -0.2) is 63.0 Å². The van der Waals surface area contributed by atoms with E-state index in [9.17, 15) is 0 Å². The Kier molecular flexibility index (Phi) is 6.22. The second kappa shape index (κ2) is 8.40. The average Bonchev–Trinajstić information content (AvgIpc) is 3.15. The highest BCUT2D eigenvalue weighted by Crippen LogP contribution is 2.28. The number of hydrogen-bond acceptors (Lipinski definition) is 6. The lowest BCUT2D eigenvalue weighted by Gasteiger charge is -2.31. The normalized spacial score (nSPS) is 16.8. The summed E-state index contributed by atoms with van der Waals surface area (Å²) in [5.41, 5.74) is 0. The van der Waals surface area contributed by atoms with E-state index in [1.165, 1.54) is 9.75 Å². The maximum atomic E-state index is 9.04. The zero-order chi connectivity index (χ0) is 17.8. The van der Waals surface area contributed by atoms with Gasteiger partial charge >= 0.3 is 0 Å². The van der Waals surface area contributed by atoms with Crippen molar-refractivity contribution in [3.63, 3.8) is 0 Å². The maximum absolute atomic E-state index is 9.04. The van der Waals surface area contributed by atoms with Crippen molar-refractivity contribution in [1.82, 2.24) is 24.6 Å². The Morgan fingerprint density at radius 1 is 1.28 bits per heavy atom. The highest BCUT2D eigenvalue weighted by atomic mass is 32.1. The molecule has 0 saturated carbocycles. The molecular weight excluding hydrogens is 334 g/mol. The van der Waals surface area contributed by atoms with Crippen LogP contribution in [-0.2, 0) is 20.1 Å². The molecule has 0 amide bonds. The van der Waals surface area contributed by atoms with Gasteiger partial charge in [0.2, 0.25) is 0 Å². The van der Waals surface area contributed by atoms with Crippen LogP contribution in [0.15, 0.2) is 12.1 Å². The molecule has 138 valence electrons. The summed E-state index contributed by atoms with van der Waals surface area (Å²) in [6, 6.07) is 4.46. The summed E-state index contributed by atoms with van der Waals surface area (Å²) in [7, 11) is 4.06. The van der Waals surface area contributed by atoms with Crippen molar-refractivity contribution < 1.29 is 5.11 Å². The van der Waals surface area contributed by atoms with Gasteiger partial charge in [-0.15, -0.1) is 21.5 Å². The van der Waals surface area contributed by atoms with Gasteiger partial charge in [-0.1, -0.05) is 0 Å². The van der Waals surface area contributed by atoms with Gasteiger partial charge in [-0.3, -0.25) is 9.80 Å². The molecule has 25 heavy (non-hydrogen) atoms. The van der Waals surface area contributed by atoms with Crippen LogP contribution in [0.1, 0.15) is 40.2 Å². The van der Waals surface area contributed by atoms with E-state index in [1.807, 2.05) is 18.4 Å². The fraction of sp³-hybridized carbons (Fsp3) is 0.667. The van der Waals surface area contributed by atoms with Gasteiger partial charge in [0, 0.05) is 35.8 Å². The van der Waals surface area contributed by atoms with E-state index in [0.717, 1.165) is 50.7 Å². The van der Waals surface area contributed by atoms with Gasteiger partial charge in [0.25, 0.3) is 0 Å². The minimum atomic E-state index is 0.170. The third-order valence-corrected chi connectivity index (χ3v) is 6.01. The van der Waals surface area contributed by atoms with Gasteiger partial charge in [0.05, 0.1) is 13.2 Å². The average molecular weight is 364 g/mol. The first-order valence-electron chi connectivity index (χ1n) is 9.02. The van der Waals surface area contributed by atoms with Crippen LogP contribution in [0.3, 0.4) is 0 Å². The van der Waals surface area contributed by atoms with Crippen LogP contribution >= 0.6 is 11.3 Å². The number of nitrogens with zero attached hydrogens (tertiary/aromatic N) is 5. The number of aliphatic hydroxyl groups excluding tert-OH is 1. The lowest BCUT2D eigenvalue weighted by Crippen LogP contribution is -2.33. The number of rotatable bonds is 7. The molecule has 1 aliphatic heterocycles. The Hall–Kier alpha value is -1.28. The van der Waals surface area contributed by atoms with Crippen LogP contribution in [0.25, 0.3) is 0 Å². The predicted octanol–water partition coefficient (Wildman–Crippen LogP) is 1.99. The smallest absolute Gasteiger partial charge is 0.146 e. The van der Waals surface area contributed by atoms with Crippen LogP contribution in [0, 0.1) is 6.92 Å². The number of likely N-dealkylation sites (tertiary alicyclic amines) is 1. The van der Waals surface area contributed by atoms with Crippen molar-refractivity contribution >= 4 is 11.3 Å². The van der Waals surface area contributed by atoms with Gasteiger partial charge in [-0.05, 0) is 52.0 Å². The lowest BCUT2D eigenvalue weighted by molar-refractivity contribution is 0.201. The van der Waals surface area contributed by atoms with Crippen LogP contribution < -0.4 is 0 Å². The predicted molar refractivity (Wildman–Crippen MR) is 101 cm³/mol. The molecule has 0 aliphatic carbocycles. The molecule has 2 aromatic heterocycles. The second-order valence-corrected chi connectivity index (χ2v) is 8.43. The largest absolute Gasteiger partial charge is 0.395 e. The first-order valence-corrected chi connectivity index (χ1v) is 9.83. The molecule has 3 rings (SSSR count). The van der Waals surface area contributed by atoms with Gasteiger partial charge in [-0.25, -0.2) is 0 Å². The number of aryl methyl sites for hydroxylation is 1. The van der Waals surface area contributed by atoms with E-state index in [1.54, 1.807) is 0 Å². The van der Waals surface area contributed by atoms with Crippen LogP contribution in [0.5, 0.6) is 0 Å². The summed E-state index contributed by atoms with van der Waals surface area (Å²) in [6.45, 7) is 7.03. The van der Waals surface area contributed by atoms with Gasteiger partial charge in [0.15, 0.2) is 0 Å². The highest BCUT2D eigenvalue weighted by molar-refractivity contribution is 7.11. The van der Waals surface area contributed by atoms with Crippen molar-refractivity contribution in [3.8, 4) is 0 Å².